The van der Waals surface area contributed by atoms with Crippen molar-refractivity contribution >= 4 is 24.3 Å². The Hall–Kier alpha value is -5.24. The van der Waals surface area contributed by atoms with Gasteiger partial charge in [0.05, 0.1) is 0 Å². The highest BCUT2D eigenvalue weighted by Crippen LogP contribution is 2.43. The van der Waals surface area contributed by atoms with Crippen molar-refractivity contribution in [3.05, 3.63) is 82.9 Å². The predicted octanol–water partition coefficient (Wildman–Crippen LogP) is 5.34. The molecule has 0 amide bonds. The molecule has 36 heavy (non-hydrogen) atoms. The van der Waals surface area contributed by atoms with Crippen LogP contribution in [0.15, 0.2) is 60.7 Å². The fourth-order valence-corrected chi connectivity index (χ4v) is 3.74. The minimum absolute atomic E-state index is 0.146. The van der Waals surface area contributed by atoms with Crippen molar-refractivity contribution in [1.82, 2.24) is 0 Å². The van der Waals surface area contributed by atoms with E-state index in [2.05, 4.69) is 0 Å². The van der Waals surface area contributed by atoms with E-state index < -0.39 is 11.5 Å². The number of rotatable bonds is 5. The lowest BCUT2D eigenvalue weighted by atomic mass is 9.92. The van der Waals surface area contributed by atoms with Gasteiger partial charge in [0.2, 0.25) is 0 Å². The Morgan fingerprint density at radius 1 is 0.389 bits per heavy atom. The molecule has 8 nitrogen and oxygen atoms in total. The van der Waals surface area contributed by atoms with Crippen molar-refractivity contribution in [1.29, 1.82) is 0 Å². The van der Waals surface area contributed by atoms with Crippen LogP contribution in [0.25, 0.3) is 35.4 Å². The molecule has 0 spiro atoms. The molecule has 8 heteroatoms. The van der Waals surface area contributed by atoms with Gasteiger partial charge in [-0.1, -0.05) is 30.4 Å². The number of benzene rings is 4. The molecular weight excluding hydrogens is 464 g/mol. The second kappa shape index (κ2) is 9.55. The van der Waals surface area contributed by atoms with Gasteiger partial charge in [-0.05, 0) is 70.3 Å². The van der Waals surface area contributed by atoms with Crippen LogP contribution >= 0.6 is 0 Å². The van der Waals surface area contributed by atoms with E-state index in [4.69, 9.17) is 0 Å². The van der Waals surface area contributed by atoms with E-state index in [0.29, 0.717) is 27.8 Å². The van der Waals surface area contributed by atoms with Crippen LogP contribution in [0.5, 0.6) is 46.0 Å². The zero-order valence-corrected chi connectivity index (χ0v) is 18.7. The molecule has 0 bridgehead atoms. The van der Waals surface area contributed by atoms with Gasteiger partial charge in [-0.25, -0.2) is 0 Å². The molecule has 4 rings (SSSR count). The minimum atomic E-state index is -0.442. The summed E-state index contributed by atoms with van der Waals surface area (Å²) < 4.78 is 0. The fourth-order valence-electron chi connectivity index (χ4n) is 3.74. The third kappa shape index (κ3) is 5.13. The van der Waals surface area contributed by atoms with E-state index in [0.717, 1.165) is 6.07 Å². The number of phenolic OH excluding ortho intramolecular Hbond substituents is 8. The number of hydrogen-bond donors (Lipinski definition) is 8. The maximum atomic E-state index is 10.7. The van der Waals surface area contributed by atoms with Crippen molar-refractivity contribution in [2.75, 3.05) is 0 Å². The summed E-state index contributed by atoms with van der Waals surface area (Å²) in [5.41, 5.74) is 2.21. The highest BCUT2D eigenvalue weighted by molar-refractivity contribution is 5.91. The SMILES string of the molecule is Oc1cc(O)cc(/C=C\c2cc(O)c(O)cc2-c2c(O)cc(O)cc2/C=C/c2ccc(O)c(O)c2)c1. The van der Waals surface area contributed by atoms with Crippen LogP contribution in [-0.2, 0) is 0 Å². The Bertz CT molecular complexity index is 1500. The summed E-state index contributed by atoms with van der Waals surface area (Å²) in [4.78, 5) is 0. The van der Waals surface area contributed by atoms with E-state index in [1.807, 2.05) is 0 Å². The first-order chi connectivity index (χ1) is 17.1. The Kier molecular flexibility index (Phi) is 6.34. The molecule has 0 unspecified atom stereocenters. The van der Waals surface area contributed by atoms with Gasteiger partial charge in [0.25, 0.3) is 0 Å². The molecule has 182 valence electrons. The van der Waals surface area contributed by atoms with Gasteiger partial charge in [0, 0.05) is 17.7 Å². The van der Waals surface area contributed by atoms with E-state index >= 15 is 0 Å². The molecule has 0 radical (unpaired) electrons. The van der Waals surface area contributed by atoms with E-state index in [1.165, 1.54) is 48.5 Å². The molecule has 0 aromatic heterocycles. The van der Waals surface area contributed by atoms with Crippen molar-refractivity contribution in [2.24, 2.45) is 0 Å². The molecule has 0 atom stereocenters. The first kappa shape index (κ1) is 23.9. The Labute approximate surface area is 205 Å². The summed E-state index contributed by atoms with van der Waals surface area (Å²) >= 11 is 0. The summed E-state index contributed by atoms with van der Waals surface area (Å²) in [6, 6.07) is 13.3. The van der Waals surface area contributed by atoms with Gasteiger partial charge < -0.3 is 40.9 Å². The number of hydrogen-bond acceptors (Lipinski definition) is 8. The summed E-state index contributed by atoms with van der Waals surface area (Å²) in [7, 11) is 0. The highest BCUT2D eigenvalue weighted by atomic mass is 16.3. The van der Waals surface area contributed by atoms with Crippen LogP contribution in [-0.4, -0.2) is 40.9 Å². The third-order valence-electron chi connectivity index (χ3n) is 5.38. The van der Waals surface area contributed by atoms with Crippen molar-refractivity contribution in [3.63, 3.8) is 0 Å². The summed E-state index contributed by atoms with van der Waals surface area (Å²) in [6.45, 7) is 0. The van der Waals surface area contributed by atoms with Crippen LogP contribution in [0.4, 0.5) is 0 Å². The molecule has 4 aromatic carbocycles. The zero-order valence-electron chi connectivity index (χ0n) is 18.7. The van der Waals surface area contributed by atoms with Crippen molar-refractivity contribution < 1.29 is 40.9 Å². The first-order valence-electron chi connectivity index (χ1n) is 10.6. The van der Waals surface area contributed by atoms with Gasteiger partial charge in [-0.3, -0.25) is 0 Å². The molecule has 0 aliphatic heterocycles. The molecule has 0 fully saturated rings. The maximum absolute atomic E-state index is 10.7. The summed E-state index contributed by atoms with van der Waals surface area (Å²) in [6.07, 6.45) is 6.26. The van der Waals surface area contributed by atoms with E-state index in [1.54, 1.807) is 30.4 Å². The Morgan fingerprint density at radius 2 is 0.972 bits per heavy atom. The number of phenols is 8. The Balaban J connectivity index is 1.86. The van der Waals surface area contributed by atoms with Crippen LogP contribution < -0.4 is 0 Å². The topological polar surface area (TPSA) is 162 Å². The van der Waals surface area contributed by atoms with Gasteiger partial charge >= 0.3 is 0 Å². The van der Waals surface area contributed by atoms with Crippen LogP contribution in [0.3, 0.4) is 0 Å². The lowest BCUT2D eigenvalue weighted by Crippen LogP contribution is -1.90. The molecule has 8 N–H and O–H groups in total. The molecule has 0 heterocycles. The molecule has 0 saturated heterocycles. The van der Waals surface area contributed by atoms with Gasteiger partial charge in [-0.15, -0.1) is 0 Å². The van der Waals surface area contributed by atoms with E-state index in [9.17, 15) is 40.9 Å². The predicted molar refractivity (Wildman–Crippen MR) is 136 cm³/mol. The second-order valence-corrected chi connectivity index (χ2v) is 8.05. The minimum Gasteiger partial charge on any atom is -0.508 e. The molecular formula is C28H22O8. The lowest BCUT2D eigenvalue weighted by molar-refractivity contribution is 0.403. The van der Waals surface area contributed by atoms with Gasteiger partial charge in [0.1, 0.15) is 23.0 Å². The summed E-state index contributed by atoms with van der Waals surface area (Å²) in [5, 5.41) is 79.9. The second-order valence-electron chi connectivity index (χ2n) is 8.05. The third-order valence-corrected chi connectivity index (χ3v) is 5.38. The first-order valence-corrected chi connectivity index (χ1v) is 10.6. The Morgan fingerprint density at radius 3 is 1.67 bits per heavy atom. The molecule has 4 aromatic rings. The van der Waals surface area contributed by atoms with Crippen LogP contribution in [0.1, 0.15) is 22.3 Å². The van der Waals surface area contributed by atoms with Crippen molar-refractivity contribution in [2.45, 2.75) is 0 Å². The quantitative estimate of drug-likeness (QED) is 0.138. The molecule has 0 saturated carbocycles. The van der Waals surface area contributed by atoms with Gasteiger partial charge in [0.15, 0.2) is 23.0 Å². The smallest absolute Gasteiger partial charge is 0.158 e. The average molecular weight is 486 g/mol. The highest BCUT2D eigenvalue weighted by Gasteiger charge is 2.17. The normalized spacial score (nSPS) is 11.4. The van der Waals surface area contributed by atoms with Crippen LogP contribution in [0, 0.1) is 0 Å². The molecule has 0 aliphatic carbocycles. The molecule has 0 aliphatic rings. The number of aromatic hydroxyl groups is 8. The van der Waals surface area contributed by atoms with Crippen LogP contribution in [0.2, 0.25) is 0 Å². The van der Waals surface area contributed by atoms with E-state index in [-0.39, 0.29) is 40.1 Å². The summed E-state index contributed by atoms with van der Waals surface area (Å²) in [5.74, 6) is -2.27. The zero-order chi connectivity index (χ0) is 26.0. The average Bonchev–Trinajstić information content (AvgIpc) is 2.80. The maximum Gasteiger partial charge on any atom is 0.158 e. The fraction of sp³-hybridized carbons (Fsp3) is 0. The lowest BCUT2D eigenvalue weighted by Gasteiger charge is -2.14. The van der Waals surface area contributed by atoms with Crippen molar-refractivity contribution in [3.8, 4) is 57.1 Å². The monoisotopic (exact) mass is 486 g/mol. The largest absolute Gasteiger partial charge is 0.508 e. The standard InChI is InChI=1S/C28H22O8/c29-19-7-16(8-20(30)12-19)2-4-17-11-25(34)26(35)14-22(17)28-18(10-21(31)13-27(28)36)5-1-15-3-6-23(32)24(33)9-15/h1-14,29-36H/b4-2-,5-1+. The van der Waals surface area contributed by atoms with Gasteiger partial charge in [-0.2, -0.15) is 0 Å².